The maximum atomic E-state index is 12.4. The first-order chi connectivity index (χ1) is 14.5. The van der Waals surface area contributed by atoms with Gasteiger partial charge < -0.3 is 15.2 Å². The second-order valence-corrected chi connectivity index (χ2v) is 7.33. The number of nitrogens with zero attached hydrogens (tertiary/aromatic N) is 1. The van der Waals surface area contributed by atoms with Crippen LogP contribution in [0.3, 0.4) is 0 Å². The maximum absolute atomic E-state index is 12.4. The number of fused-ring (bicyclic) bond motifs is 1. The predicted molar refractivity (Wildman–Crippen MR) is 116 cm³/mol. The molecular formula is C24H26N2O4. The van der Waals surface area contributed by atoms with Crippen molar-refractivity contribution < 1.29 is 19.4 Å². The molecular weight excluding hydrogens is 380 g/mol. The Morgan fingerprint density at radius 1 is 1.03 bits per heavy atom. The Balaban J connectivity index is 1.64. The molecule has 2 aromatic carbocycles. The van der Waals surface area contributed by atoms with Crippen molar-refractivity contribution in [3.05, 3.63) is 66.4 Å². The molecule has 0 fully saturated rings. The molecule has 6 heteroatoms. The summed E-state index contributed by atoms with van der Waals surface area (Å²) in [6.45, 7) is 3.89. The quantitative estimate of drug-likeness (QED) is 0.520. The third-order valence-corrected chi connectivity index (χ3v) is 5.47. The third kappa shape index (κ3) is 4.95. The normalized spacial score (nSPS) is 11.3. The zero-order valence-electron chi connectivity index (χ0n) is 17.2. The number of hydrogen-bond acceptors (Lipinski definition) is 4. The van der Waals surface area contributed by atoms with E-state index >= 15 is 0 Å². The number of hydrogen-bond donors (Lipinski definition) is 2. The SMILES string of the molecule is CCC(CC)(CC(=O)Nc1cccc(OCc2ccc3ccccc3n2)c1)C(=O)O. The van der Waals surface area contributed by atoms with Gasteiger partial charge in [-0.25, -0.2) is 4.98 Å². The first-order valence-electron chi connectivity index (χ1n) is 10.1. The van der Waals surface area contributed by atoms with Crippen molar-refractivity contribution in [3.8, 4) is 5.75 Å². The fraction of sp³-hybridized carbons (Fsp3) is 0.292. The van der Waals surface area contributed by atoms with Gasteiger partial charge in [-0.1, -0.05) is 44.2 Å². The van der Waals surface area contributed by atoms with Crippen molar-refractivity contribution in [2.75, 3.05) is 5.32 Å². The summed E-state index contributed by atoms with van der Waals surface area (Å²) in [5.74, 6) is -0.671. The van der Waals surface area contributed by atoms with Crippen LogP contribution in [0.15, 0.2) is 60.7 Å². The molecule has 2 N–H and O–H groups in total. The van der Waals surface area contributed by atoms with E-state index in [1.807, 2.05) is 36.4 Å². The maximum Gasteiger partial charge on any atom is 0.310 e. The van der Waals surface area contributed by atoms with E-state index in [0.717, 1.165) is 16.6 Å². The van der Waals surface area contributed by atoms with Gasteiger partial charge in [0.2, 0.25) is 5.91 Å². The molecule has 0 spiro atoms. The van der Waals surface area contributed by atoms with E-state index in [4.69, 9.17) is 4.74 Å². The van der Waals surface area contributed by atoms with Gasteiger partial charge in [0, 0.05) is 23.6 Å². The van der Waals surface area contributed by atoms with Gasteiger partial charge in [-0.05, 0) is 37.1 Å². The Hall–Kier alpha value is -3.41. The van der Waals surface area contributed by atoms with Crippen molar-refractivity contribution >= 4 is 28.5 Å². The van der Waals surface area contributed by atoms with Gasteiger partial charge >= 0.3 is 5.97 Å². The van der Waals surface area contributed by atoms with Gasteiger partial charge in [0.1, 0.15) is 12.4 Å². The molecule has 0 aliphatic heterocycles. The highest BCUT2D eigenvalue weighted by atomic mass is 16.5. The van der Waals surface area contributed by atoms with Gasteiger partial charge in [-0.15, -0.1) is 0 Å². The van der Waals surface area contributed by atoms with Crippen LogP contribution in [-0.2, 0) is 16.2 Å². The first kappa shape index (κ1) is 21.3. The minimum absolute atomic E-state index is 0.0680. The second kappa shape index (κ2) is 9.39. The predicted octanol–water partition coefficient (Wildman–Crippen LogP) is 5.03. The highest BCUT2D eigenvalue weighted by Crippen LogP contribution is 2.31. The van der Waals surface area contributed by atoms with Crippen LogP contribution in [0.25, 0.3) is 10.9 Å². The summed E-state index contributed by atoms with van der Waals surface area (Å²) in [6, 6.07) is 18.9. The number of aromatic nitrogens is 1. The minimum atomic E-state index is -1.04. The van der Waals surface area contributed by atoms with Crippen molar-refractivity contribution in [1.82, 2.24) is 4.98 Å². The molecule has 156 valence electrons. The summed E-state index contributed by atoms with van der Waals surface area (Å²) in [4.78, 5) is 28.6. The zero-order valence-corrected chi connectivity index (χ0v) is 17.2. The topological polar surface area (TPSA) is 88.5 Å². The molecule has 0 aliphatic rings. The monoisotopic (exact) mass is 406 g/mol. The number of rotatable bonds is 9. The van der Waals surface area contributed by atoms with Gasteiger partial charge in [-0.3, -0.25) is 9.59 Å². The standard InChI is InChI=1S/C24H26N2O4/c1-3-24(4-2,23(28)29)15-22(27)26-18-9-7-10-20(14-18)30-16-19-13-12-17-8-5-6-11-21(17)25-19/h5-14H,3-4,15-16H2,1-2H3,(H,26,27)(H,28,29). The fourth-order valence-electron chi connectivity index (χ4n) is 3.40. The molecule has 0 saturated heterocycles. The number of carbonyl (C=O) groups is 2. The number of aliphatic carboxylic acids is 1. The summed E-state index contributed by atoms with van der Waals surface area (Å²) in [6.07, 6.45) is 0.726. The lowest BCUT2D eigenvalue weighted by Gasteiger charge is -2.25. The van der Waals surface area contributed by atoms with Crippen molar-refractivity contribution in [3.63, 3.8) is 0 Å². The number of pyridine rings is 1. The average Bonchev–Trinajstić information content (AvgIpc) is 2.76. The van der Waals surface area contributed by atoms with E-state index in [9.17, 15) is 14.7 Å². The Labute approximate surface area is 175 Å². The second-order valence-electron chi connectivity index (χ2n) is 7.33. The van der Waals surface area contributed by atoms with E-state index in [1.165, 1.54) is 0 Å². The molecule has 1 heterocycles. The van der Waals surface area contributed by atoms with Gasteiger partial charge in [0.15, 0.2) is 0 Å². The molecule has 6 nitrogen and oxygen atoms in total. The van der Waals surface area contributed by atoms with Crippen LogP contribution in [0, 0.1) is 5.41 Å². The van der Waals surface area contributed by atoms with Crippen LogP contribution < -0.4 is 10.1 Å². The number of anilines is 1. The number of carboxylic acid groups (broad SMARTS) is 1. The Bertz CT molecular complexity index is 1040. The van der Waals surface area contributed by atoms with Gasteiger partial charge in [-0.2, -0.15) is 0 Å². The molecule has 3 aromatic rings. The van der Waals surface area contributed by atoms with Crippen LogP contribution in [0.2, 0.25) is 0 Å². The number of carboxylic acids is 1. The summed E-state index contributed by atoms with van der Waals surface area (Å²) in [5.41, 5.74) is 1.24. The lowest BCUT2D eigenvalue weighted by atomic mass is 9.79. The van der Waals surface area contributed by atoms with Crippen molar-refractivity contribution in [2.24, 2.45) is 5.41 Å². The highest BCUT2D eigenvalue weighted by Gasteiger charge is 2.37. The number of carbonyl (C=O) groups excluding carboxylic acids is 1. The van der Waals surface area contributed by atoms with Crippen molar-refractivity contribution in [1.29, 1.82) is 0 Å². The molecule has 0 radical (unpaired) electrons. The lowest BCUT2D eigenvalue weighted by Crippen LogP contribution is -2.34. The number of ether oxygens (including phenoxy) is 1. The average molecular weight is 406 g/mol. The van der Waals surface area contributed by atoms with Gasteiger partial charge in [0.25, 0.3) is 0 Å². The minimum Gasteiger partial charge on any atom is -0.487 e. The number of para-hydroxylation sites is 1. The third-order valence-electron chi connectivity index (χ3n) is 5.47. The van der Waals surface area contributed by atoms with Crippen LogP contribution in [-0.4, -0.2) is 22.0 Å². The Morgan fingerprint density at radius 3 is 2.53 bits per heavy atom. The van der Waals surface area contributed by atoms with Crippen LogP contribution >= 0.6 is 0 Å². The van der Waals surface area contributed by atoms with Gasteiger partial charge in [0.05, 0.1) is 16.6 Å². The van der Waals surface area contributed by atoms with Crippen molar-refractivity contribution in [2.45, 2.75) is 39.7 Å². The zero-order chi connectivity index (χ0) is 21.6. The molecule has 1 aromatic heterocycles. The summed E-state index contributed by atoms with van der Waals surface area (Å²) >= 11 is 0. The van der Waals surface area contributed by atoms with E-state index < -0.39 is 11.4 Å². The molecule has 0 saturated carbocycles. The Morgan fingerprint density at radius 2 is 1.80 bits per heavy atom. The fourth-order valence-corrected chi connectivity index (χ4v) is 3.40. The van der Waals surface area contributed by atoms with E-state index in [-0.39, 0.29) is 12.3 Å². The molecule has 0 aliphatic carbocycles. The summed E-state index contributed by atoms with van der Waals surface area (Å²) < 4.78 is 5.84. The molecule has 1 amide bonds. The Kier molecular flexibility index (Phi) is 6.67. The summed E-state index contributed by atoms with van der Waals surface area (Å²) in [5, 5.41) is 13.4. The van der Waals surface area contributed by atoms with Crippen LogP contribution in [0.5, 0.6) is 5.75 Å². The summed E-state index contributed by atoms with van der Waals surface area (Å²) in [7, 11) is 0. The number of nitrogens with one attached hydrogen (secondary N) is 1. The van der Waals surface area contributed by atoms with Crippen LogP contribution in [0.1, 0.15) is 38.8 Å². The van der Waals surface area contributed by atoms with E-state index in [0.29, 0.717) is 30.9 Å². The number of amides is 1. The van der Waals surface area contributed by atoms with Crippen LogP contribution in [0.4, 0.5) is 5.69 Å². The molecule has 30 heavy (non-hydrogen) atoms. The lowest BCUT2D eigenvalue weighted by molar-refractivity contribution is -0.151. The molecule has 3 rings (SSSR count). The molecule has 0 unspecified atom stereocenters. The smallest absolute Gasteiger partial charge is 0.310 e. The number of benzene rings is 2. The van der Waals surface area contributed by atoms with E-state index in [2.05, 4.69) is 10.3 Å². The largest absolute Gasteiger partial charge is 0.487 e. The highest BCUT2D eigenvalue weighted by molar-refractivity contribution is 5.94. The molecule has 0 bridgehead atoms. The van der Waals surface area contributed by atoms with E-state index in [1.54, 1.807) is 38.1 Å². The first-order valence-corrected chi connectivity index (χ1v) is 10.1. The molecule has 0 atom stereocenters.